The lowest BCUT2D eigenvalue weighted by Crippen LogP contribution is -2.46. The van der Waals surface area contributed by atoms with Crippen molar-refractivity contribution in [1.29, 1.82) is 0 Å². The Kier molecular flexibility index (Phi) is 6.45. The molecule has 2 rings (SSSR count). The van der Waals surface area contributed by atoms with Gasteiger partial charge >= 0.3 is 6.03 Å². The molecule has 1 aromatic rings. The van der Waals surface area contributed by atoms with Gasteiger partial charge in [-0.3, -0.25) is 0 Å². The second-order valence-corrected chi connectivity index (χ2v) is 4.32. The molecule has 0 unspecified atom stereocenters. The Hall–Kier alpha value is -1.46. The van der Waals surface area contributed by atoms with Gasteiger partial charge in [-0.15, -0.1) is 12.4 Å². The number of nitrogens with two attached hydrogens (primary N) is 1. The van der Waals surface area contributed by atoms with Gasteiger partial charge in [-0.1, -0.05) is 12.1 Å². The fourth-order valence-electron chi connectivity index (χ4n) is 1.88. The number of rotatable bonds is 3. The van der Waals surface area contributed by atoms with E-state index in [1.165, 1.54) is 5.56 Å². The van der Waals surface area contributed by atoms with Crippen molar-refractivity contribution >= 4 is 24.1 Å². The number of carbonyl (C=O) groups is 1. The van der Waals surface area contributed by atoms with E-state index >= 15 is 0 Å². The van der Waals surface area contributed by atoms with E-state index < -0.39 is 0 Å². The molecule has 3 N–H and O–H groups in total. The lowest BCUT2D eigenvalue weighted by molar-refractivity contribution is 0.0533. The molecular weight excluding hydrogens is 266 g/mol. The number of halogens is 1. The number of morpholine rings is 1. The summed E-state index contributed by atoms with van der Waals surface area (Å²) in [4.78, 5) is 13.6. The zero-order chi connectivity index (χ0) is 12.8. The summed E-state index contributed by atoms with van der Waals surface area (Å²) in [6.45, 7) is 3.25. The van der Waals surface area contributed by atoms with Crippen LogP contribution in [0.5, 0.6) is 0 Å². The fourth-order valence-corrected chi connectivity index (χ4v) is 1.88. The smallest absolute Gasteiger partial charge is 0.317 e. The van der Waals surface area contributed by atoms with Crippen LogP contribution in [0.1, 0.15) is 5.56 Å². The van der Waals surface area contributed by atoms with Crippen molar-refractivity contribution in [3.8, 4) is 0 Å². The number of nitrogens with one attached hydrogen (secondary N) is 1. The van der Waals surface area contributed by atoms with Gasteiger partial charge in [-0.25, -0.2) is 4.79 Å². The van der Waals surface area contributed by atoms with E-state index in [-0.39, 0.29) is 18.4 Å². The Morgan fingerprint density at radius 1 is 1.26 bits per heavy atom. The molecule has 2 amide bonds. The van der Waals surface area contributed by atoms with Crippen molar-refractivity contribution in [3.05, 3.63) is 29.8 Å². The molecular formula is C13H20ClN3O2. The van der Waals surface area contributed by atoms with Crippen LogP contribution in [0, 0.1) is 0 Å². The number of nitrogen functional groups attached to an aromatic ring is 1. The molecule has 1 saturated heterocycles. The molecule has 106 valence electrons. The van der Waals surface area contributed by atoms with E-state index in [9.17, 15) is 4.79 Å². The number of nitrogens with zero attached hydrogens (tertiary/aromatic N) is 1. The highest BCUT2D eigenvalue weighted by Gasteiger charge is 2.15. The Morgan fingerprint density at radius 3 is 2.53 bits per heavy atom. The van der Waals surface area contributed by atoms with Gasteiger partial charge in [0, 0.05) is 25.3 Å². The molecule has 5 nitrogen and oxygen atoms in total. The number of anilines is 1. The zero-order valence-corrected chi connectivity index (χ0v) is 11.6. The number of amides is 2. The Bertz CT molecular complexity index is 391. The number of hydrogen-bond acceptors (Lipinski definition) is 3. The van der Waals surface area contributed by atoms with Crippen LogP contribution >= 0.6 is 12.4 Å². The maximum Gasteiger partial charge on any atom is 0.317 e. The van der Waals surface area contributed by atoms with Crippen LogP contribution < -0.4 is 11.1 Å². The first-order valence-electron chi connectivity index (χ1n) is 6.20. The molecule has 1 aliphatic rings. The number of carbonyl (C=O) groups excluding carboxylic acids is 1. The van der Waals surface area contributed by atoms with Crippen LogP contribution in [0.25, 0.3) is 0 Å². The summed E-state index contributed by atoms with van der Waals surface area (Å²) in [5, 5.41) is 2.92. The van der Waals surface area contributed by atoms with Gasteiger partial charge in [-0.05, 0) is 24.1 Å². The van der Waals surface area contributed by atoms with Crippen molar-refractivity contribution in [2.75, 3.05) is 38.6 Å². The van der Waals surface area contributed by atoms with Gasteiger partial charge in [-0.2, -0.15) is 0 Å². The van der Waals surface area contributed by atoms with Gasteiger partial charge in [0.1, 0.15) is 0 Å². The predicted octanol–water partition coefficient (Wildman–Crippen LogP) is 1.27. The molecule has 0 radical (unpaired) electrons. The van der Waals surface area contributed by atoms with E-state index in [1.54, 1.807) is 4.90 Å². The molecule has 0 saturated carbocycles. The summed E-state index contributed by atoms with van der Waals surface area (Å²) in [7, 11) is 0. The van der Waals surface area contributed by atoms with Crippen molar-refractivity contribution < 1.29 is 9.53 Å². The molecule has 0 aromatic heterocycles. The van der Waals surface area contributed by atoms with Gasteiger partial charge in [0.15, 0.2) is 0 Å². The quantitative estimate of drug-likeness (QED) is 0.822. The molecule has 1 aromatic carbocycles. The van der Waals surface area contributed by atoms with Crippen molar-refractivity contribution in [2.45, 2.75) is 6.42 Å². The van der Waals surface area contributed by atoms with Crippen LogP contribution in [0.4, 0.5) is 10.5 Å². The van der Waals surface area contributed by atoms with E-state index in [0.29, 0.717) is 32.8 Å². The topological polar surface area (TPSA) is 67.6 Å². The average molecular weight is 286 g/mol. The second-order valence-electron chi connectivity index (χ2n) is 4.32. The lowest BCUT2D eigenvalue weighted by atomic mass is 10.1. The highest BCUT2D eigenvalue weighted by Crippen LogP contribution is 2.05. The maximum absolute atomic E-state index is 11.8. The van der Waals surface area contributed by atoms with E-state index in [1.807, 2.05) is 24.3 Å². The Labute approximate surface area is 119 Å². The van der Waals surface area contributed by atoms with Crippen molar-refractivity contribution in [3.63, 3.8) is 0 Å². The van der Waals surface area contributed by atoms with Gasteiger partial charge in [0.05, 0.1) is 13.2 Å². The molecule has 1 heterocycles. The molecule has 0 aliphatic carbocycles. The van der Waals surface area contributed by atoms with Crippen LogP contribution in [0.2, 0.25) is 0 Å². The third-order valence-electron chi connectivity index (χ3n) is 2.97. The van der Waals surface area contributed by atoms with Crippen LogP contribution in [0.3, 0.4) is 0 Å². The van der Waals surface area contributed by atoms with E-state index in [4.69, 9.17) is 10.5 Å². The minimum absolute atomic E-state index is 0. The molecule has 1 aliphatic heterocycles. The Balaban J connectivity index is 0.00000180. The number of benzene rings is 1. The highest BCUT2D eigenvalue weighted by atomic mass is 35.5. The van der Waals surface area contributed by atoms with Crippen LogP contribution in [-0.2, 0) is 11.2 Å². The van der Waals surface area contributed by atoms with Crippen LogP contribution in [0.15, 0.2) is 24.3 Å². The molecule has 1 fully saturated rings. The second kappa shape index (κ2) is 7.86. The fraction of sp³-hybridized carbons (Fsp3) is 0.462. The number of urea groups is 1. The van der Waals surface area contributed by atoms with E-state index in [0.717, 1.165) is 12.1 Å². The summed E-state index contributed by atoms with van der Waals surface area (Å²) in [5.74, 6) is 0. The maximum atomic E-state index is 11.8. The first-order valence-corrected chi connectivity index (χ1v) is 6.20. The third kappa shape index (κ3) is 4.96. The summed E-state index contributed by atoms with van der Waals surface area (Å²) in [6.07, 6.45) is 0.816. The standard InChI is InChI=1S/C13H19N3O2.ClH/c14-12-3-1-11(2-4-12)5-6-15-13(17)16-7-9-18-10-8-16;/h1-4H,5-10,14H2,(H,15,17);1H. The molecule has 0 atom stereocenters. The summed E-state index contributed by atoms with van der Waals surface area (Å²) < 4.78 is 5.20. The monoisotopic (exact) mass is 285 g/mol. The SMILES string of the molecule is Cl.Nc1ccc(CCNC(=O)N2CCOCC2)cc1. The highest BCUT2D eigenvalue weighted by molar-refractivity contribution is 5.85. The normalized spacial score (nSPS) is 14.6. The third-order valence-corrected chi connectivity index (χ3v) is 2.97. The van der Waals surface area contributed by atoms with E-state index in [2.05, 4.69) is 5.32 Å². The minimum Gasteiger partial charge on any atom is -0.399 e. The first kappa shape index (κ1) is 15.6. The van der Waals surface area contributed by atoms with Crippen molar-refractivity contribution in [2.24, 2.45) is 0 Å². The van der Waals surface area contributed by atoms with Gasteiger partial charge < -0.3 is 20.7 Å². The summed E-state index contributed by atoms with van der Waals surface area (Å²) in [5.41, 5.74) is 7.55. The van der Waals surface area contributed by atoms with Crippen LogP contribution in [-0.4, -0.2) is 43.8 Å². The van der Waals surface area contributed by atoms with Gasteiger partial charge in [0.2, 0.25) is 0 Å². The molecule has 19 heavy (non-hydrogen) atoms. The first-order chi connectivity index (χ1) is 8.75. The molecule has 0 bridgehead atoms. The largest absolute Gasteiger partial charge is 0.399 e. The lowest BCUT2D eigenvalue weighted by Gasteiger charge is -2.26. The number of ether oxygens (including phenoxy) is 1. The average Bonchev–Trinajstić information content (AvgIpc) is 2.42. The Morgan fingerprint density at radius 2 is 1.89 bits per heavy atom. The summed E-state index contributed by atoms with van der Waals surface area (Å²) in [6, 6.07) is 7.71. The van der Waals surface area contributed by atoms with Gasteiger partial charge in [0.25, 0.3) is 0 Å². The minimum atomic E-state index is -0.00579. The molecule has 0 spiro atoms. The number of hydrogen-bond donors (Lipinski definition) is 2. The zero-order valence-electron chi connectivity index (χ0n) is 10.8. The molecule has 6 heteroatoms. The summed E-state index contributed by atoms with van der Waals surface area (Å²) >= 11 is 0. The predicted molar refractivity (Wildman–Crippen MR) is 77.6 cm³/mol. The van der Waals surface area contributed by atoms with Crippen molar-refractivity contribution in [1.82, 2.24) is 10.2 Å².